The third-order valence-electron chi connectivity index (χ3n) is 4.40. The van der Waals surface area contributed by atoms with Crippen molar-refractivity contribution in [3.8, 4) is 5.75 Å². The molecule has 2 fully saturated rings. The highest BCUT2D eigenvalue weighted by atomic mass is 16.5. The van der Waals surface area contributed by atoms with Crippen LogP contribution in [0.25, 0.3) is 0 Å². The molecule has 0 aromatic heterocycles. The Morgan fingerprint density at radius 1 is 1.43 bits per heavy atom. The molecule has 0 saturated carbocycles. The molecule has 0 aliphatic carbocycles. The van der Waals surface area contributed by atoms with Gasteiger partial charge in [-0.15, -0.1) is 0 Å². The summed E-state index contributed by atoms with van der Waals surface area (Å²) in [5, 5.41) is 2.91. The molecule has 2 atom stereocenters. The normalized spacial score (nSPS) is 24.0. The summed E-state index contributed by atoms with van der Waals surface area (Å²) >= 11 is 0. The first kappa shape index (κ1) is 15.8. The van der Waals surface area contributed by atoms with Crippen LogP contribution >= 0.6 is 0 Å². The number of hydrogen-bond acceptors (Lipinski definition) is 4. The van der Waals surface area contributed by atoms with Crippen LogP contribution in [0.3, 0.4) is 0 Å². The van der Waals surface area contributed by atoms with Gasteiger partial charge in [0.1, 0.15) is 5.75 Å². The molecular weight excluding hydrogens is 296 g/mol. The molecule has 2 aliphatic heterocycles. The topological polar surface area (TPSA) is 67.9 Å². The Morgan fingerprint density at radius 3 is 3.00 bits per heavy atom. The number of carbonyl (C=O) groups is 2. The van der Waals surface area contributed by atoms with E-state index in [0.717, 1.165) is 25.1 Å². The van der Waals surface area contributed by atoms with Gasteiger partial charge >= 0.3 is 0 Å². The number of methoxy groups -OCH3 is 1. The van der Waals surface area contributed by atoms with Crippen LogP contribution in [0.2, 0.25) is 0 Å². The SMILES string of the molecule is COc1ccccc1N1C[C@H](C(=O)NC[C@@H]2CCCO2)CC1=O. The van der Waals surface area contributed by atoms with Crippen molar-refractivity contribution in [2.24, 2.45) is 5.92 Å². The van der Waals surface area contributed by atoms with Crippen molar-refractivity contribution in [2.45, 2.75) is 25.4 Å². The largest absolute Gasteiger partial charge is 0.495 e. The minimum absolute atomic E-state index is 0.0493. The molecule has 2 heterocycles. The number of nitrogens with zero attached hydrogens (tertiary/aromatic N) is 1. The number of para-hydroxylation sites is 2. The van der Waals surface area contributed by atoms with E-state index in [4.69, 9.17) is 9.47 Å². The first-order valence-electron chi connectivity index (χ1n) is 8.01. The maximum absolute atomic E-state index is 12.3. The zero-order valence-corrected chi connectivity index (χ0v) is 13.3. The molecule has 23 heavy (non-hydrogen) atoms. The van der Waals surface area contributed by atoms with Gasteiger partial charge < -0.3 is 19.7 Å². The summed E-state index contributed by atoms with van der Waals surface area (Å²) in [6, 6.07) is 7.36. The lowest BCUT2D eigenvalue weighted by Crippen LogP contribution is -2.37. The van der Waals surface area contributed by atoms with Crippen molar-refractivity contribution < 1.29 is 19.1 Å². The molecule has 1 N–H and O–H groups in total. The molecule has 6 heteroatoms. The van der Waals surface area contributed by atoms with Crippen molar-refractivity contribution in [3.63, 3.8) is 0 Å². The molecule has 2 aliphatic rings. The molecule has 0 bridgehead atoms. The fourth-order valence-corrected chi connectivity index (χ4v) is 3.13. The van der Waals surface area contributed by atoms with Crippen LogP contribution in [-0.2, 0) is 14.3 Å². The summed E-state index contributed by atoms with van der Waals surface area (Å²) in [5.74, 6) is 0.188. The fourth-order valence-electron chi connectivity index (χ4n) is 3.13. The average Bonchev–Trinajstić information content (AvgIpc) is 3.22. The Labute approximate surface area is 135 Å². The number of hydrogen-bond donors (Lipinski definition) is 1. The summed E-state index contributed by atoms with van der Waals surface area (Å²) in [5.41, 5.74) is 0.717. The van der Waals surface area contributed by atoms with Crippen molar-refractivity contribution in [1.29, 1.82) is 0 Å². The van der Waals surface area contributed by atoms with Gasteiger partial charge in [0.25, 0.3) is 0 Å². The van der Waals surface area contributed by atoms with E-state index in [-0.39, 0.29) is 30.3 Å². The van der Waals surface area contributed by atoms with Crippen molar-refractivity contribution in [2.75, 3.05) is 31.7 Å². The smallest absolute Gasteiger partial charge is 0.227 e. The number of amides is 2. The Morgan fingerprint density at radius 2 is 2.26 bits per heavy atom. The lowest BCUT2D eigenvalue weighted by atomic mass is 10.1. The maximum atomic E-state index is 12.3. The fraction of sp³-hybridized carbons (Fsp3) is 0.529. The first-order chi connectivity index (χ1) is 11.2. The second-order valence-electron chi connectivity index (χ2n) is 5.96. The molecule has 3 rings (SSSR count). The Hall–Kier alpha value is -2.08. The number of carbonyl (C=O) groups excluding carboxylic acids is 2. The highest BCUT2D eigenvalue weighted by Gasteiger charge is 2.36. The monoisotopic (exact) mass is 318 g/mol. The van der Waals surface area contributed by atoms with E-state index in [1.807, 2.05) is 24.3 Å². The molecule has 0 unspecified atom stereocenters. The van der Waals surface area contributed by atoms with Crippen LogP contribution < -0.4 is 15.0 Å². The van der Waals surface area contributed by atoms with Gasteiger partial charge in [0.15, 0.2) is 0 Å². The number of rotatable bonds is 5. The summed E-state index contributed by atoms with van der Waals surface area (Å²) in [7, 11) is 1.57. The van der Waals surface area contributed by atoms with E-state index in [0.29, 0.717) is 18.8 Å². The predicted molar refractivity (Wildman–Crippen MR) is 85.4 cm³/mol. The van der Waals surface area contributed by atoms with Gasteiger partial charge in [0.05, 0.1) is 24.8 Å². The third kappa shape index (κ3) is 3.47. The zero-order chi connectivity index (χ0) is 16.2. The lowest BCUT2D eigenvalue weighted by Gasteiger charge is -2.19. The maximum Gasteiger partial charge on any atom is 0.227 e. The molecule has 1 aromatic carbocycles. The third-order valence-corrected chi connectivity index (χ3v) is 4.40. The first-order valence-corrected chi connectivity index (χ1v) is 8.01. The van der Waals surface area contributed by atoms with Gasteiger partial charge in [-0.05, 0) is 25.0 Å². The van der Waals surface area contributed by atoms with Crippen LogP contribution in [0.5, 0.6) is 5.75 Å². The number of ether oxygens (including phenoxy) is 2. The van der Waals surface area contributed by atoms with Crippen LogP contribution in [0.1, 0.15) is 19.3 Å². The van der Waals surface area contributed by atoms with Gasteiger partial charge in [0, 0.05) is 26.1 Å². The Kier molecular flexibility index (Phi) is 4.81. The molecule has 124 valence electrons. The van der Waals surface area contributed by atoms with E-state index >= 15 is 0 Å². The second kappa shape index (κ2) is 7.00. The van der Waals surface area contributed by atoms with E-state index in [1.165, 1.54) is 0 Å². The number of nitrogens with one attached hydrogen (secondary N) is 1. The number of benzene rings is 1. The van der Waals surface area contributed by atoms with E-state index in [9.17, 15) is 9.59 Å². The van der Waals surface area contributed by atoms with Gasteiger partial charge in [-0.1, -0.05) is 12.1 Å². The highest BCUT2D eigenvalue weighted by molar-refractivity contribution is 6.01. The van der Waals surface area contributed by atoms with E-state index in [1.54, 1.807) is 12.0 Å². The van der Waals surface area contributed by atoms with Gasteiger partial charge in [-0.25, -0.2) is 0 Å². The van der Waals surface area contributed by atoms with Crippen LogP contribution in [-0.4, -0.2) is 44.7 Å². The van der Waals surface area contributed by atoms with E-state index < -0.39 is 0 Å². The quantitative estimate of drug-likeness (QED) is 0.890. The van der Waals surface area contributed by atoms with Crippen molar-refractivity contribution >= 4 is 17.5 Å². The molecule has 2 amide bonds. The predicted octanol–water partition coefficient (Wildman–Crippen LogP) is 1.34. The van der Waals surface area contributed by atoms with Crippen LogP contribution in [0, 0.1) is 5.92 Å². The van der Waals surface area contributed by atoms with Gasteiger partial charge in [-0.3, -0.25) is 9.59 Å². The van der Waals surface area contributed by atoms with Crippen molar-refractivity contribution in [1.82, 2.24) is 5.32 Å². The molecule has 2 saturated heterocycles. The highest BCUT2D eigenvalue weighted by Crippen LogP contribution is 2.32. The molecule has 0 radical (unpaired) electrons. The average molecular weight is 318 g/mol. The standard InChI is InChI=1S/C17H22N2O4/c1-22-15-7-3-2-6-14(15)19-11-12(9-16(19)20)17(21)18-10-13-5-4-8-23-13/h2-3,6-7,12-13H,4-5,8-11H2,1H3,(H,18,21)/t12-,13+/m1/s1. The van der Waals surface area contributed by atoms with Crippen molar-refractivity contribution in [3.05, 3.63) is 24.3 Å². The summed E-state index contributed by atoms with van der Waals surface area (Å²) in [4.78, 5) is 26.2. The summed E-state index contributed by atoms with van der Waals surface area (Å²) in [6.45, 7) is 1.68. The Bertz CT molecular complexity index is 584. The molecule has 6 nitrogen and oxygen atoms in total. The second-order valence-corrected chi connectivity index (χ2v) is 5.96. The van der Waals surface area contributed by atoms with Gasteiger partial charge in [0.2, 0.25) is 11.8 Å². The molecule has 0 spiro atoms. The minimum Gasteiger partial charge on any atom is -0.495 e. The van der Waals surface area contributed by atoms with E-state index in [2.05, 4.69) is 5.32 Å². The number of anilines is 1. The molecular formula is C17H22N2O4. The van der Waals surface area contributed by atoms with Crippen LogP contribution in [0.4, 0.5) is 5.69 Å². The van der Waals surface area contributed by atoms with Gasteiger partial charge in [-0.2, -0.15) is 0 Å². The zero-order valence-electron chi connectivity index (χ0n) is 13.3. The minimum atomic E-state index is -0.325. The summed E-state index contributed by atoms with van der Waals surface area (Å²) in [6.07, 6.45) is 2.37. The molecule has 1 aromatic rings. The Balaban J connectivity index is 1.61. The lowest BCUT2D eigenvalue weighted by molar-refractivity contribution is -0.126. The summed E-state index contributed by atoms with van der Waals surface area (Å²) < 4.78 is 10.8. The van der Waals surface area contributed by atoms with Crippen LogP contribution in [0.15, 0.2) is 24.3 Å².